The van der Waals surface area contributed by atoms with Crippen LogP contribution in [0.2, 0.25) is 0 Å². The summed E-state index contributed by atoms with van der Waals surface area (Å²) >= 11 is 0. The first-order chi connectivity index (χ1) is 16.8. The number of nitrogens with one attached hydrogen (secondary N) is 1. The Morgan fingerprint density at radius 1 is 1.09 bits per heavy atom. The number of rotatable bonds is 7. The number of likely N-dealkylation sites (tertiary alicyclic amines) is 1. The molecule has 2 aromatic heterocycles. The van der Waals surface area contributed by atoms with Gasteiger partial charge in [0, 0.05) is 51.7 Å². The summed E-state index contributed by atoms with van der Waals surface area (Å²) in [7, 11) is -3.61. The first-order valence-electron chi connectivity index (χ1n) is 12.0. The van der Waals surface area contributed by atoms with E-state index in [1.54, 1.807) is 17.3 Å². The first kappa shape index (κ1) is 23.8. The molecule has 190 valence electrons. The van der Waals surface area contributed by atoms with Crippen LogP contribution in [0.1, 0.15) is 32.6 Å². The van der Waals surface area contributed by atoms with Crippen molar-refractivity contribution in [3.05, 3.63) is 24.8 Å². The lowest BCUT2D eigenvalue weighted by atomic mass is 9.98. The van der Waals surface area contributed by atoms with E-state index in [0.717, 1.165) is 25.7 Å². The van der Waals surface area contributed by atoms with E-state index in [9.17, 15) is 13.2 Å². The van der Waals surface area contributed by atoms with Crippen LogP contribution in [0.25, 0.3) is 0 Å². The van der Waals surface area contributed by atoms with Crippen molar-refractivity contribution in [1.82, 2.24) is 29.1 Å². The fourth-order valence-electron chi connectivity index (χ4n) is 4.26. The van der Waals surface area contributed by atoms with Gasteiger partial charge in [-0.1, -0.05) is 0 Å². The van der Waals surface area contributed by atoms with Crippen molar-refractivity contribution in [3.8, 4) is 5.88 Å². The summed E-state index contributed by atoms with van der Waals surface area (Å²) in [6, 6.07) is 0. The molecule has 0 atom stereocenters. The van der Waals surface area contributed by atoms with E-state index in [1.165, 1.54) is 16.7 Å². The number of sulfonamides is 1. The molecule has 0 radical (unpaired) electrons. The van der Waals surface area contributed by atoms with Gasteiger partial charge < -0.3 is 24.3 Å². The Kier molecular flexibility index (Phi) is 6.53. The summed E-state index contributed by atoms with van der Waals surface area (Å²) in [5.74, 6) is 1.49. The van der Waals surface area contributed by atoms with E-state index in [2.05, 4.69) is 19.9 Å². The summed E-state index contributed by atoms with van der Waals surface area (Å²) in [5, 5.41) is -0.0366. The van der Waals surface area contributed by atoms with Crippen molar-refractivity contribution in [1.29, 1.82) is 0 Å². The molecule has 0 bridgehead atoms. The first-order valence-corrected chi connectivity index (χ1v) is 13.4. The highest BCUT2D eigenvalue weighted by atomic mass is 32.2. The van der Waals surface area contributed by atoms with E-state index in [4.69, 9.17) is 9.47 Å². The Bertz CT molecular complexity index is 1110. The number of hydrogen-bond acceptors (Lipinski definition) is 9. The zero-order valence-corrected chi connectivity index (χ0v) is 20.6. The molecular weight excluding hydrogens is 474 g/mol. The highest BCUT2D eigenvalue weighted by molar-refractivity contribution is 7.88. The molecule has 13 heteroatoms. The Morgan fingerprint density at radius 3 is 2.43 bits per heavy atom. The van der Waals surface area contributed by atoms with Crippen LogP contribution in [-0.2, 0) is 14.8 Å². The fourth-order valence-corrected chi connectivity index (χ4v) is 5.56. The van der Waals surface area contributed by atoms with Crippen molar-refractivity contribution >= 4 is 21.9 Å². The predicted molar refractivity (Wildman–Crippen MR) is 126 cm³/mol. The van der Waals surface area contributed by atoms with Gasteiger partial charge in [-0.15, -0.1) is 0 Å². The number of H-pyrrole nitrogens is 1. The molecule has 2 aliphatic heterocycles. The average Bonchev–Trinajstić information content (AvgIpc) is 3.33. The van der Waals surface area contributed by atoms with Crippen LogP contribution >= 0.6 is 0 Å². The number of piperidine rings is 1. The van der Waals surface area contributed by atoms with Gasteiger partial charge in [0.25, 0.3) is 10.0 Å². The molecule has 4 heterocycles. The van der Waals surface area contributed by atoms with Crippen molar-refractivity contribution in [2.24, 2.45) is 5.92 Å². The largest absolute Gasteiger partial charge is 0.476 e. The van der Waals surface area contributed by atoms with Gasteiger partial charge in [-0.3, -0.25) is 0 Å². The van der Waals surface area contributed by atoms with E-state index in [-0.39, 0.29) is 16.9 Å². The summed E-state index contributed by atoms with van der Waals surface area (Å²) in [6.07, 6.45) is 9.61. The number of anilines is 1. The van der Waals surface area contributed by atoms with Crippen LogP contribution < -0.4 is 9.64 Å². The summed E-state index contributed by atoms with van der Waals surface area (Å²) in [5.41, 5.74) is -0.243. The maximum atomic E-state index is 12.6. The molecule has 35 heavy (non-hydrogen) atoms. The van der Waals surface area contributed by atoms with Crippen LogP contribution in [0.4, 0.5) is 10.6 Å². The molecule has 5 rings (SSSR count). The summed E-state index contributed by atoms with van der Waals surface area (Å²) in [6.45, 7) is 5.56. The molecule has 1 aliphatic carbocycles. The highest BCUT2D eigenvalue weighted by Gasteiger charge is 2.43. The number of nitrogens with zero attached hydrogens (tertiary/aromatic N) is 6. The molecule has 12 nitrogen and oxygen atoms in total. The van der Waals surface area contributed by atoms with Crippen LogP contribution in [0.15, 0.2) is 29.9 Å². The lowest BCUT2D eigenvalue weighted by Crippen LogP contribution is -2.49. The van der Waals surface area contributed by atoms with E-state index >= 15 is 0 Å². The summed E-state index contributed by atoms with van der Waals surface area (Å²) < 4.78 is 38.0. The number of imidazole rings is 1. The molecule has 1 saturated carbocycles. The third-order valence-electron chi connectivity index (χ3n) is 6.86. The molecule has 0 unspecified atom stereocenters. The minimum atomic E-state index is -3.61. The van der Waals surface area contributed by atoms with Gasteiger partial charge in [-0.25, -0.2) is 28.2 Å². The van der Waals surface area contributed by atoms with Gasteiger partial charge in [-0.05, 0) is 38.5 Å². The molecule has 2 aromatic rings. The smallest absolute Gasteiger partial charge is 0.410 e. The average molecular weight is 506 g/mol. The maximum absolute atomic E-state index is 12.6. The number of amides is 1. The minimum absolute atomic E-state index is 0.0366. The zero-order valence-electron chi connectivity index (χ0n) is 19.8. The van der Waals surface area contributed by atoms with E-state index in [1.807, 2.05) is 11.8 Å². The van der Waals surface area contributed by atoms with Crippen LogP contribution in [0, 0.1) is 5.92 Å². The number of carbonyl (C=O) groups is 1. The Morgan fingerprint density at radius 2 is 1.83 bits per heavy atom. The van der Waals surface area contributed by atoms with Crippen LogP contribution in [0.3, 0.4) is 0 Å². The van der Waals surface area contributed by atoms with Gasteiger partial charge >= 0.3 is 6.09 Å². The highest BCUT2D eigenvalue weighted by Crippen LogP contribution is 2.39. The number of aromatic amines is 1. The Balaban J connectivity index is 1.05. The van der Waals surface area contributed by atoms with Gasteiger partial charge in [-0.2, -0.15) is 4.31 Å². The maximum Gasteiger partial charge on any atom is 0.410 e. The van der Waals surface area contributed by atoms with E-state index in [0.29, 0.717) is 63.5 Å². The molecule has 0 aromatic carbocycles. The van der Waals surface area contributed by atoms with Crippen LogP contribution in [0.5, 0.6) is 5.88 Å². The number of aromatic nitrogens is 4. The topological polar surface area (TPSA) is 134 Å². The lowest BCUT2D eigenvalue weighted by Gasteiger charge is -2.34. The number of hydrogen-bond donors (Lipinski definition) is 1. The van der Waals surface area contributed by atoms with Crippen LogP contribution in [-0.4, -0.2) is 95.1 Å². The quantitative estimate of drug-likeness (QED) is 0.594. The number of carbonyl (C=O) groups excluding carboxylic acids is 1. The second-order valence-corrected chi connectivity index (χ2v) is 11.4. The number of piperazine rings is 1. The molecule has 3 aliphatic rings. The van der Waals surface area contributed by atoms with Gasteiger partial charge in [0.15, 0.2) is 0 Å². The Hall–Kier alpha value is -2.93. The van der Waals surface area contributed by atoms with Gasteiger partial charge in [0.05, 0.1) is 19.0 Å². The van der Waals surface area contributed by atoms with Crippen molar-refractivity contribution in [3.63, 3.8) is 0 Å². The zero-order chi connectivity index (χ0) is 24.5. The van der Waals surface area contributed by atoms with Crippen molar-refractivity contribution in [2.45, 2.75) is 43.4 Å². The molecule has 2 saturated heterocycles. The number of ether oxygens (including phenoxy) is 2. The monoisotopic (exact) mass is 505 g/mol. The fraction of sp³-hybridized carbons (Fsp3) is 0.636. The molecule has 3 fully saturated rings. The molecule has 0 spiro atoms. The SMILES string of the molecule is CC1(OC(=O)N2CCC(COc3cnc(N4CCN(S(=O)(=O)c5ncc[nH]5)CC4)cn3)CC2)CC1. The molecule has 1 N–H and O–H groups in total. The Labute approximate surface area is 204 Å². The van der Waals surface area contributed by atoms with Gasteiger partial charge in [0.1, 0.15) is 11.4 Å². The lowest BCUT2D eigenvalue weighted by molar-refractivity contribution is 0.0454. The predicted octanol–water partition coefficient (Wildman–Crippen LogP) is 1.49. The third-order valence-corrected chi connectivity index (χ3v) is 8.62. The van der Waals surface area contributed by atoms with Crippen molar-refractivity contribution < 1.29 is 22.7 Å². The van der Waals surface area contributed by atoms with Crippen molar-refractivity contribution in [2.75, 3.05) is 50.8 Å². The second kappa shape index (κ2) is 9.61. The molecular formula is C22H31N7O5S. The standard InChI is InChI=1S/C22H31N7O5S/c1-22(4-5-22)34-21(30)28-8-2-17(3-9-28)16-33-19-15-25-18(14-26-19)27-10-12-29(13-11-27)35(31,32)20-23-6-7-24-20/h6-7,14-15,17H,2-5,8-13,16H2,1H3,(H,23,24). The second-order valence-electron chi connectivity index (χ2n) is 9.56. The molecule has 1 amide bonds. The summed E-state index contributed by atoms with van der Waals surface area (Å²) in [4.78, 5) is 31.4. The third kappa shape index (κ3) is 5.50. The van der Waals surface area contributed by atoms with Gasteiger partial charge in [0.2, 0.25) is 11.0 Å². The normalized spacial score (nSPS) is 21.1. The van der Waals surface area contributed by atoms with E-state index < -0.39 is 10.0 Å². The minimum Gasteiger partial charge on any atom is -0.476 e.